The van der Waals surface area contributed by atoms with Crippen LogP contribution in [0.4, 0.5) is 0 Å². The number of carbonyl (C=O) groups excluding carboxylic acids is 1. The highest BCUT2D eigenvalue weighted by Gasteiger charge is 2.24. The van der Waals surface area contributed by atoms with Crippen molar-refractivity contribution in [3.63, 3.8) is 0 Å². The van der Waals surface area contributed by atoms with E-state index in [2.05, 4.69) is 9.97 Å². The summed E-state index contributed by atoms with van der Waals surface area (Å²) < 4.78 is 5.75. The number of nitrogens with zero attached hydrogens (tertiary/aromatic N) is 3. The molecule has 3 rings (SSSR count). The van der Waals surface area contributed by atoms with Gasteiger partial charge >= 0.3 is 0 Å². The van der Waals surface area contributed by atoms with Crippen LogP contribution in [-0.2, 0) is 0 Å². The van der Waals surface area contributed by atoms with E-state index in [1.54, 1.807) is 12.4 Å². The molecule has 1 amide bonds. The average Bonchev–Trinajstić information content (AvgIpc) is 2.63. The van der Waals surface area contributed by atoms with Crippen LogP contribution in [0.15, 0.2) is 48.9 Å². The average molecular weight is 311 g/mol. The summed E-state index contributed by atoms with van der Waals surface area (Å²) in [6.45, 7) is 2.30. The molecule has 5 heteroatoms. The SMILES string of the molecule is O=C(c1cnccn1)N1CCC(CCOc2ccccc2)CC1. The van der Waals surface area contributed by atoms with Gasteiger partial charge in [0.2, 0.25) is 0 Å². The van der Waals surface area contributed by atoms with Crippen LogP contribution >= 0.6 is 0 Å². The molecular weight excluding hydrogens is 290 g/mol. The lowest BCUT2D eigenvalue weighted by Gasteiger charge is -2.31. The number of likely N-dealkylation sites (tertiary alicyclic amines) is 1. The molecule has 2 aromatic rings. The van der Waals surface area contributed by atoms with Gasteiger partial charge in [0.15, 0.2) is 0 Å². The maximum Gasteiger partial charge on any atom is 0.274 e. The van der Waals surface area contributed by atoms with Gasteiger partial charge < -0.3 is 9.64 Å². The van der Waals surface area contributed by atoms with Crippen LogP contribution in [0, 0.1) is 5.92 Å². The Bertz CT molecular complexity index is 611. The minimum Gasteiger partial charge on any atom is -0.494 e. The van der Waals surface area contributed by atoms with Gasteiger partial charge in [-0.05, 0) is 37.3 Å². The van der Waals surface area contributed by atoms with Crippen LogP contribution in [0.3, 0.4) is 0 Å². The van der Waals surface area contributed by atoms with E-state index in [4.69, 9.17) is 4.74 Å². The normalized spacial score (nSPS) is 15.4. The first-order valence-corrected chi connectivity index (χ1v) is 8.06. The highest BCUT2D eigenvalue weighted by atomic mass is 16.5. The largest absolute Gasteiger partial charge is 0.494 e. The topological polar surface area (TPSA) is 55.3 Å². The number of para-hydroxylation sites is 1. The Morgan fingerprint density at radius 3 is 2.65 bits per heavy atom. The Morgan fingerprint density at radius 1 is 1.17 bits per heavy atom. The summed E-state index contributed by atoms with van der Waals surface area (Å²) in [7, 11) is 0. The van der Waals surface area contributed by atoms with Gasteiger partial charge in [0.1, 0.15) is 11.4 Å². The van der Waals surface area contributed by atoms with Crippen molar-refractivity contribution in [2.75, 3.05) is 19.7 Å². The van der Waals surface area contributed by atoms with Crippen LogP contribution in [0.5, 0.6) is 5.75 Å². The fourth-order valence-corrected chi connectivity index (χ4v) is 2.86. The second kappa shape index (κ2) is 7.72. The molecule has 1 aromatic carbocycles. The van der Waals surface area contributed by atoms with Crippen LogP contribution < -0.4 is 4.74 Å². The zero-order valence-electron chi connectivity index (χ0n) is 13.1. The molecule has 0 bridgehead atoms. The molecule has 5 nitrogen and oxygen atoms in total. The van der Waals surface area contributed by atoms with Crippen LogP contribution in [0.25, 0.3) is 0 Å². The fraction of sp³-hybridized carbons (Fsp3) is 0.389. The second-order valence-electron chi connectivity index (χ2n) is 5.78. The summed E-state index contributed by atoms with van der Waals surface area (Å²) in [4.78, 5) is 22.2. The Balaban J connectivity index is 1.41. The predicted octanol–water partition coefficient (Wildman–Crippen LogP) is 2.80. The lowest BCUT2D eigenvalue weighted by molar-refractivity contribution is 0.0673. The van der Waals surface area contributed by atoms with E-state index in [0.29, 0.717) is 11.6 Å². The van der Waals surface area contributed by atoms with E-state index < -0.39 is 0 Å². The van der Waals surface area contributed by atoms with E-state index in [9.17, 15) is 4.79 Å². The molecule has 1 aromatic heterocycles. The summed E-state index contributed by atoms with van der Waals surface area (Å²) in [5, 5.41) is 0. The molecular formula is C18H21N3O2. The molecule has 0 spiro atoms. The molecule has 0 aliphatic carbocycles. The Kier molecular flexibility index (Phi) is 5.19. The molecule has 0 radical (unpaired) electrons. The lowest BCUT2D eigenvalue weighted by atomic mass is 9.94. The van der Waals surface area contributed by atoms with Crippen molar-refractivity contribution >= 4 is 5.91 Å². The predicted molar refractivity (Wildman–Crippen MR) is 87.2 cm³/mol. The van der Waals surface area contributed by atoms with Gasteiger partial charge in [-0.15, -0.1) is 0 Å². The standard InChI is InChI=1S/C18H21N3O2/c22-18(17-14-19-9-10-20-17)21-11-6-15(7-12-21)8-13-23-16-4-2-1-3-5-16/h1-5,9-10,14-15H,6-8,11-13H2. The van der Waals surface area contributed by atoms with Gasteiger partial charge in [-0.2, -0.15) is 0 Å². The molecule has 0 N–H and O–H groups in total. The van der Waals surface area contributed by atoms with Crippen LogP contribution in [-0.4, -0.2) is 40.5 Å². The minimum absolute atomic E-state index is 0.0166. The second-order valence-corrected chi connectivity index (χ2v) is 5.78. The zero-order valence-corrected chi connectivity index (χ0v) is 13.1. The Hall–Kier alpha value is -2.43. The highest BCUT2D eigenvalue weighted by molar-refractivity contribution is 5.91. The zero-order chi connectivity index (χ0) is 15.9. The maximum atomic E-state index is 12.3. The number of carbonyl (C=O) groups is 1. The third-order valence-electron chi connectivity index (χ3n) is 4.22. The lowest BCUT2D eigenvalue weighted by Crippen LogP contribution is -2.39. The van der Waals surface area contributed by atoms with E-state index in [-0.39, 0.29) is 5.91 Å². The first-order chi connectivity index (χ1) is 11.3. The maximum absolute atomic E-state index is 12.3. The summed E-state index contributed by atoms with van der Waals surface area (Å²) in [5.41, 5.74) is 0.429. The van der Waals surface area contributed by atoms with Gasteiger partial charge in [-0.3, -0.25) is 9.78 Å². The van der Waals surface area contributed by atoms with Crippen molar-refractivity contribution < 1.29 is 9.53 Å². The summed E-state index contributed by atoms with van der Waals surface area (Å²) in [6.07, 6.45) is 7.73. The molecule has 2 heterocycles. The van der Waals surface area contributed by atoms with Crippen LogP contribution in [0.1, 0.15) is 29.8 Å². The van der Waals surface area contributed by atoms with E-state index in [1.165, 1.54) is 6.20 Å². The molecule has 1 fully saturated rings. The smallest absolute Gasteiger partial charge is 0.274 e. The van der Waals surface area contributed by atoms with Crippen molar-refractivity contribution in [3.05, 3.63) is 54.6 Å². The molecule has 0 atom stereocenters. The number of amides is 1. The minimum atomic E-state index is -0.0166. The van der Waals surface area contributed by atoms with Crippen molar-refractivity contribution in [1.29, 1.82) is 0 Å². The van der Waals surface area contributed by atoms with Crippen molar-refractivity contribution in [3.8, 4) is 5.75 Å². The van der Waals surface area contributed by atoms with Crippen LogP contribution in [0.2, 0.25) is 0 Å². The number of hydrogen-bond acceptors (Lipinski definition) is 4. The molecule has 0 saturated carbocycles. The quantitative estimate of drug-likeness (QED) is 0.852. The fourth-order valence-electron chi connectivity index (χ4n) is 2.86. The Morgan fingerprint density at radius 2 is 1.96 bits per heavy atom. The van der Waals surface area contributed by atoms with E-state index >= 15 is 0 Å². The number of ether oxygens (including phenoxy) is 1. The molecule has 1 aliphatic rings. The third-order valence-corrected chi connectivity index (χ3v) is 4.22. The van der Waals surface area contributed by atoms with Crippen molar-refractivity contribution in [2.45, 2.75) is 19.3 Å². The summed E-state index contributed by atoms with van der Waals surface area (Å²) in [6, 6.07) is 9.89. The van der Waals surface area contributed by atoms with Gasteiger partial charge in [-0.25, -0.2) is 4.98 Å². The first-order valence-electron chi connectivity index (χ1n) is 8.06. The van der Waals surface area contributed by atoms with E-state index in [0.717, 1.165) is 44.7 Å². The molecule has 0 unspecified atom stereocenters. The number of hydrogen-bond donors (Lipinski definition) is 0. The van der Waals surface area contributed by atoms with E-state index in [1.807, 2.05) is 35.2 Å². The number of rotatable bonds is 5. The molecule has 1 aliphatic heterocycles. The van der Waals surface area contributed by atoms with Gasteiger partial charge in [-0.1, -0.05) is 18.2 Å². The van der Waals surface area contributed by atoms with Gasteiger partial charge in [0.25, 0.3) is 5.91 Å². The third kappa shape index (κ3) is 4.28. The summed E-state index contributed by atoms with van der Waals surface area (Å²) in [5.74, 6) is 1.52. The molecule has 120 valence electrons. The van der Waals surface area contributed by atoms with Gasteiger partial charge in [0, 0.05) is 25.5 Å². The Labute approximate surface area is 136 Å². The van der Waals surface area contributed by atoms with Gasteiger partial charge in [0.05, 0.1) is 12.8 Å². The number of benzene rings is 1. The number of aromatic nitrogens is 2. The number of piperidine rings is 1. The monoisotopic (exact) mass is 311 g/mol. The molecule has 1 saturated heterocycles. The highest BCUT2D eigenvalue weighted by Crippen LogP contribution is 2.22. The summed E-state index contributed by atoms with van der Waals surface area (Å²) >= 11 is 0. The molecule has 23 heavy (non-hydrogen) atoms. The first kappa shape index (κ1) is 15.5. The van der Waals surface area contributed by atoms with Crippen molar-refractivity contribution in [1.82, 2.24) is 14.9 Å². The van der Waals surface area contributed by atoms with Crippen molar-refractivity contribution in [2.24, 2.45) is 5.92 Å².